The SMILES string of the molecule is CSc1cnn(CCCOc2ccccc2)c1N. The van der Waals surface area contributed by atoms with Crippen molar-refractivity contribution in [1.29, 1.82) is 0 Å². The molecule has 0 fully saturated rings. The number of nitrogen functional groups attached to an aromatic ring is 1. The number of para-hydroxylation sites is 1. The average Bonchev–Trinajstić information content (AvgIpc) is 2.77. The number of hydrogen-bond acceptors (Lipinski definition) is 4. The molecular formula is C13H17N3OS. The summed E-state index contributed by atoms with van der Waals surface area (Å²) in [5.41, 5.74) is 5.95. The van der Waals surface area contributed by atoms with Gasteiger partial charge in [-0.15, -0.1) is 11.8 Å². The molecule has 0 unspecified atom stereocenters. The first-order chi connectivity index (χ1) is 8.81. The summed E-state index contributed by atoms with van der Waals surface area (Å²) >= 11 is 1.61. The van der Waals surface area contributed by atoms with Gasteiger partial charge in [-0.1, -0.05) is 18.2 Å². The highest BCUT2D eigenvalue weighted by atomic mass is 32.2. The summed E-state index contributed by atoms with van der Waals surface area (Å²) in [6, 6.07) is 9.81. The van der Waals surface area contributed by atoms with Crippen LogP contribution in [0.1, 0.15) is 6.42 Å². The van der Waals surface area contributed by atoms with Gasteiger partial charge < -0.3 is 10.5 Å². The van der Waals surface area contributed by atoms with Crippen LogP contribution >= 0.6 is 11.8 Å². The van der Waals surface area contributed by atoms with E-state index < -0.39 is 0 Å². The minimum atomic E-state index is 0.665. The van der Waals surface area contributed by atoms with Crippen molar-refractivity contribution >= 4 is 17.6 Å². The fourth-order valence-electron chi connectivity index (χ4n) is 1.63. The molecule has 1 heterocycles. The third-order valence-electron chi connectivity index (χ3n) is 2.59. The standard InChI is InChI=1S/C13H17N3OS/c1-18-12-10-15-16(13(12)14)8-5-9-17-11-6-3-2-4-7-11/h2-4,6-7,10H,5,8-9,14H2,1H3. The maximum absolute atomic E-state index is 5.95. The molecule has 96 valence electrons. The Hall–Kier alpha value is -1.62. The molecule has 0 spiro atoms. The molecule has 18 heavy (non-hydrogen) atoms. The zero-order valence-electron chi connectivity index (χ0n) is 10.4. The van der Waals surface area contributed by atoms with Gasteiger partial charge in [0.15, 0.2) is 0 Å². The number of aryl methyl sites for hydroxylation is 1. The molecule has 2 N–H and O–H groups in total. The highest BCUT2D eigenvalue weighted by Crippen LogP contribution is 2.21. The van der Waals surface area contributed by atoms with Crippen LogP contribution in [-0.4, -0.2) is 22.6 Å². The summed E-state index contributed by atoms with van der Waals surface area (Å²) in [6.07, 6.45) is 4.68. The zero-order chi connectivity index (χ0) is 12.8. The molecule has 2 aromatic rings. The molecule has 1 aromatic carbocycles. The molecule has 2 rings (SSSR count). The smallest absolute Gasteiger partial charge is 0.135 e. The van der Waals surface area contributed by atoms with Crippen molar-refractivity contribution in [1.82, 2.24) is 9.78 Å². The Balaban J connectivity index is 1.77. The molecule has 1 aromatic heterocycles. The Bertz CT molecular complexity index is 484. The molecule has 4 nitrogen and oxygen atoms in total. The summed E-state index contributed by atoms with van der Waals surface area (Å²) < 4.78 is 7.43. The quantitative estimate of drug-likeness (QED) is 0.643. The Morgan fingerprint density at radius 2 is 2.11 bits per heavy atom. The van der Waals surface area contributed by atoms with Crippen LogP contribution in [0.2, 0.25) is 0 Å². The Kier molecular flexibility index (Phi) is 4.52. The Morgan fingerprint density at radius 3 is 2.78 bits per heavy atom. The molecule has 0 atom stereocenters. The lowest BCUT2D eigenvalue weighted by atomic mass is 10.3. The number of rotatable bonds is 6. The fraction of sp³-hybridized carbons (Fsp3) is 0.308. The first-order valence-electron chi connectivity index (χ1n) is 5.84. The van der Waals surface area contributed by atoms with Crippen LogP contribution in [0.3, 0.4) is 0 Å². The number of nitrogens with two attached hydrogens (primary N) is 1. The molecule has 0 saturated heterocycles. The normalized spacial score (nSPS) is 10.5. The fourth-order valence-corrected chi connectivity index (χ4v) is 2.10. The van der Waals surface area contributed by atoms with Gasteiger partial charge in [-0.2, -0.15) is 5.10 Å². The van der Waals surface area contributed by atoms with E-state index in [9.17, 15) is 0 Å². The van der Waals surface area contributed by atoms with E-state index in [1.54, 1.807) is 18.0 Å². The van der Waals surface area contributed by atoms with E-state index in [1.807, 2.05) is 41.3 Å². The van der Waals surface area contributed by atoms with E-state index in [2.05, 4.69) is 5.10 Å². The molecule has 5 heteroatoms. The van der Waals surface area contributed by atoms with E-state index in [0.29, 0.717) is 6.61 Å². The second-order valence-electron chi connectivity index (χ2n) is 3.84. The summed E-state index contributed by atoms with van der Waals surface area (Å²) in [7, 11) is 0. The molecule has 0 aliphatic rings. The molecule has 0 radical (unpaired) electrons. The van der Waals surface area contributed by atoms with Gasteiger partial charge in [-0.3, -0.25) is 0 Å². The van der Waals surface area contributed by atoms with Crippen molar-refractivity contribution in [3.05, 3.63) is 36.5 Å². The maximum atomic E-state index is 5.95. The third kappa shape index (κ3) is 3.20. The lowest BCUT2D eigenvalue weighted by molar-refractivity contribution is 0.299. The lowest BCUT2D eigenvalue weighted by Crippen LogP contribution is -2.08. The van der Waals surface area contributed by atoms with Crippen LogP contribution in [0.5, 0.6) is 5.75 Å². The van der Waals surface area contributed by atoms with E-state index in [4.69, 9.17) is 10.5 Å². The summed E-state index contributed by atoms with van der Waals surface area (Å²) in [5.74, 6) is 1.64. The number of thioether (sulfide) groups is 1. The van der Waals surface area contributed by atoms with Crippen molar-refractivity contribution in [2.45, 2.75) is 17.9 Å². The van der Waals surface area contributed by atoms with Crippen LogP contribution < -0.4 is 10.5 Å². The number of anilines is 1. The first-order valence-corrected chi connectivity index (χ1v) is 7.07. The monoisotopic (exact) mass is 263 g/mol. The summed E-state index contributed by atoms with van der Waals surface area (Å²) in [6.45, 7) is 1.44. The predicted molar refractivity (Wildman–Crippen MR) is 75.0 cm³/mol. The van der Waals surface area contributed by atoms with Crippen molar-refractivity contribution in [3.8, 4) is 5.75 Å². The lowest BCUT2D eigenvalue weighted by Gasteiger charge is -2.07. The average molecular weight is 263 g/mol. The van der Waals surface area contributed by atoms with Gasteiger partial charge in [0.2, 0.25) is 0 Å². The van der Waals surface area contributed by atoms with Gasteiger partial charge in [0.1, 0.15) is 11.6 Å². The topological polar surface area (TPSA) is 53.1 Å². The molecule has 0 aliphatic carbocycles. The van der Waals surface area contributed by atoms with Crippen molar-refractivity contribution in [2.75, 3.05) is 18.6 Å². The summed E-state index contributed by atoms with van der Waals surface area (Å²) in [5, 5.41) is 4.25. The number of benzene rings is 1. The number of hydrogen-bond donors (Lipinski definition) is 1. The Morgan fingerprint density at radius 1 is 1.33 bits per heavy atom. The van der Waals surface area contributed by atoms with E-state index in [-0.39, 0.29) is 0 Å². The molecule has 0 amide bonds. The maximum Gasteiger partial charge on any atom is 0.135 e. The zero-order valence-corrected chi connectivity index (χ0v) is 11.2. The van der Waals surface area contributed by atoms with Gasteiger partial charge in [-0.25, -0.2) is 4.68 Å². The number of ether oxygens (including phenoxy) is 1. The number of aromatic nitrogens is 2. The predicted octanol–water partition coefficient (Wildman–Crippen LogP) is 2.66. The van der Waals surface area contributed by atoms with Crippen LogP contribution in [0.4, 0.5) is 5.82 Å². The molecular weight excluding hydrogens is 246 g/mol. The van der Waals surface area contributed by atoms with E-state index in [1.165, 1.54) is 0 Å². The molecule has 0 aliphatic heterocycles. The highest BCUT2D eigenvalue weighted by Gasteiger charge is 2.05. The minimum Gasteiger partial charge on any atom is -0.494 e. The van der Waals surface area contributed by atoms with Crippen LogP contribution in [-0.2, 0) is 6.54 Å². The third-order valence-corrected chi connectivity index (χ3v) is 3.35. The van der Waals surface area contributed by atoms with Gasteiger partial charge in [0, 0.05) is 13.0 Å². The van der Waals surface area contributed by atoms with Gasteiger partial charge >= 0.3 is 0 Å². The minimum absolute atomic E-state index is 0.665. The molecule has 0 saturated carbocycles. The van der Waals surface area contributed by atoms with Crippen LogP contribution in [0.15, 0.2) is 41.4 Å². The second-order valence-corrected chi connectivity index (χ2v) is 4.68. The van der Waals surface area contributed by atoms with Crippen molar-refractivity contribution in [3.63, 3.8) is 0 Å². The first kappa shape index (κ1) is 12.8. The van der Waals surface area contributed by atoms with Crippen molar-refractivity contribution < 1.29 is 4.74 Å². The highest BCUT2D eigenvalue weighted by molar-refractivity contribution is 7.98. The van der Waals surface area contributed by atoms with Crippen molar-refractivity contribution in [2.24, 2.45) is 0 Å². The van der Waals surface area contributed by atoms with E-state index in [0.717, 1.165) is 29.4 Å². The Labute approximate surface area is 111 Å². The largest absolute Gasteiger partial charge is 0.494 e. The van der Waals surface area contributed by atoms with Gasteiger partial charge in [0.05, 0.1) is 17.7 Å². The molecule has 0 bridgehead atoms. The van der Waals surface area contributed by atoms with Crippen LogP contribution in [0.25, 0.3) is 0 Å². The summed E-state index contributed by atoms with van der Waals surface area (Å²) in [4.78, 5) is 1.03. The van der Waals surface area contributed by atoms with Gasteiger partial charge in [0.25, 0.3) is 0 Å². The number of nitrogens with zero attached hydrogens (tertiary/aromatic N) is 2. The second kappa shape index (κ2) is 6.35. The van der Waals surface area contributed by atoms with Crippen LogP contribution in [0, 0.1) is 0 Å². The van der Waals surface area contributed by atoms with Gasteiger partial charge in [-0.05, 0) is 18.4 Å². The van der Waals surface area contributed by atoms with E-state index >= 15 is 0 Å².